The molecular weight excluding hydrogens is 274 g/mol. The number of nitrogens with one attached hydrogen (secondary N) is 1. The fourth-order valence-electron chi connectivity index (χ4n) is 1.30. The molecule has 0 atom stereocenters. The molecule has 2 heterocycles. The van der Waals surface area contributed by atoms with E-state index in [1.54, 1.807) is 6.92 Å². The van der Waals surface area contributed by atoms with E-state index in [1.807, 2.05) is 17.5 Å². The van der Waals surface area contributed by atoms with Crippen molar-refractivity contribution in [3.8, 4) is 0 Å². The van der Waals surface area contributed by atoms with Crippen molar-refractivity contribution < 1.29 is 4.92 Å². The lowest BCUT2D eigenvalue weighted by Crippen LogP contribution is -2.12. The van der Waals surface area contributed by atoms with E-state index in [4.69, 9.17) is 5.84 Å². The molecule has 0 bridgehead atoms. The number of aromatic nitrogens is 2. The fourth-order valence-corrected chi connectivity index (χ4v) is 3.14. The minimum atomic E-state index is -0.481. The number of hydrazine groups is 1. The number of hydrogen-bond donors (Lipinski definition) is 2. The predicted octanol–water partition coefficient (Wildman–Crippen LogP) is 2.19. The summed E-state index contributed by atoms with van der Waals surface area (Å²) in [4.78, 5) is 18.5. The number of nitrogen functional groups attached to an aromatic ring is 1. The Balaban J connectivity index is 2.48. The van der Waals surface area contributed by atoms with E-state index >= 15 is 0 Å². The molecule has 9 heteroatoms. The maximum absolute atomic E-state index is 11.0. The third-order valence-corrected chi connectivity index (χ3v) is 4.05. The Morgan fingerprint density at radius 2 is 2.33 bits per heavy atom. The maximum Gasteiger partial charge on any atom is 0.322 e. The number of anilines is 1. The van der Waals surface area contributed by atoms with Crippen molar-refractivity contribution in [1.29, 1.82) is 0 Å². The molecule has 0 aromatic carbocycles. The molecule has 2 rings (SSSR count). The van der Waals surface area contributed by atoms with Crippen LogP contribution in [0.1, 0.15) is 5.69 Å². The van der Waals surface area contributed by atoms with E-state index in [2.05, 4.69) is 15.4 Å². The van der Waals surface area contributed by atoms with Gasteiger partial charge in [-0.25, -0.2) is 10.8 Å². The van der Waals surface area contributed by atoms with Crippen molar-refractivity contribution in [1.82, 2.24) is 9.97 Å². The van der Waals surface area contributed by atoms with Gasteiger partial charge in [0.15, 0.2) is 5.03 Å². The molecule has 0 radical (unpaired) electrons. The second-order valence-corrected chi connectivity index (χ2v) is 5.46. The zero-order valence-electron chi connectivity index (χ0n) is 9.28. The first-order valence-corrected chi connectivity index (χ1v) is 6.52. The highest BCUT2D eigenvalue weighted by Gasteiger charge is 2.23. The van der Waals surface area contributed by atoms with Gasteiger partial charge in [0.1, 0.15) is 5.69 Å². The van der Waals surface area contributed by atoms with Gasteiger partial charge in [-0.2, -0.15) is 4.98 Å². The van der Waals surface area contributed by atoms with Crippen molar-refractivity contribution >= 4 is 34.7 Å². The van der Waals surface area contributed by atoms with Gasteiger partial charge < -0.3 is 0 Å². The quantitative estimate of drug-likeness (QED) is 0.383. The number of nitrogens with zero attached hydrogens (tertiary/aromatic N) is 3. The lowest BCUT2D eigenvalue weighted by atomic mass is 10.4. The first-order valence-electron chi connectivity index (χ1n) is 4.83. The van der Waals surface area contributed by atoms with Gasteiger partial charge in [-0.1, -0.05) is 17.8 Å². The van der Waals surface area contributed by atoms with Gasteiger partial charge in [0, 0.05) is 0 Å². The Bertz CT molecular complexity index is 573. The molecule has 2 aromatic heterocycles. The van der Waals surface area contributed by atoms with Crippen molar-refractivity contribution in [3.63, 3.8) is 0 Å². The van der Waals surface area contributed by atoms with Crippen molar-refractivity contribution in [3.05, 3.63) is 33.3 Å². The first kappa shape index (κ1) is 12.7. The zero-order valence-corrected chi connectivity index (χ0v) is 10.9. The minimum absolute atomic E-state index is 0.0904. The molecule has 0 aliphatic rings. The molecule has 0 saturated carbocycles. The van der Waals surface area contributed by atoms with Gasteiger partial charge in [0.05, 0.1) is 9.13 Å². The number of rotatable bonds is 4. The normalized spacial score (nSPS) is 10.3. The highest BCUT2D eigenvalue weighted by atomic mass is 32.2. The van der Waals surface area contributed by atoms with Crippen LogP contribution >= 0.6 is 23.1 Å². The van der Waals surface area contributed by atoms with Crippen LogP contribution in [0, 0.1) is 17.0 Å². The number of nitro groups is 1. The Morgan fingerprint density at radius 3 is 2.89 bits per heavy atom. The summed E-state index contributed by atoms with van der Waals surface area (Å²) in [6, 6.07) is 3.74. The van der Waals surface area contributed by atoms with E-state index in [9.17, 15) is 10.1 Å². The van der Waals surface area contributed by atoms with Gasteiger partial charge in [-0.05, 0) is 18.4 Å². The standard InChI is InChI=1S/C9H9N5O2S2/c1-5-7(14(15)16)8(12-9(11-5)13-10)18-6-3-2-4-17-6/h2-4H,10H2,1H3,(H,11,12,13). The molecule has 0 fully saturated rings. The monoisotopic (exact) mass is 283 g/mol. The summed E-state index contributed by atoms with van der Waals surface area (Å²) in [7, 11) is 0. The Hall–Kier alpha value is -1.71. The van der Waals surface area contributed by atoms with E-state index in [-0.39, 0.29) is 22.4 Å². The van der Waals surface area contributed by atoms with Gasteiger partial charge in [-0.3, -0.25) is 15.5 Å². The van der Waals surface area contributed by atoms with E-state index < -0.39 is 4.92 Å². The Morgan fingerprint density at radius 1 is 1.56 bits per heavy atom. The molecule has 7 nitrogen and oxygen atoms in total. The van der Waals surface area contributed by atoms with Crippen LogP contribution < -0.4 is 11.3 Å². The summed E-state index contributed by atoms with van der Waals surface area (Å²) in [5, 5.41) is 13.2. The molecule has 0 aliphatic carbocycles. The summed E-state index contributed by atoms with van der Waals surface area (Å²) in [6.07, 6.45) is 0. The molecule has 0 saturated heterocycles. The lowest BCUT2D eigenvalue weighted by Gasteiger charge is -2.05. The Kier molecular flexibility index (Phi) is 3.75. The smallest absolute Gasteiger partial charge is 0.292 e. The lowest BCUT2D eigenvalue weighted by molar-refractivity contribution is -0.389. The second kappa shape index (κ2) is 5.29. The third-order valence-electron chi connectivity index (χ3n) is 2.03. The van der Waals surface area contributed by atoms with Crippen molar-refractivity contribution in [2.75, 3.05) is 5.43 Å². The predicted molar refractivity (Wildman–Crippen MR) is 69.7 cm³/mol. The Labute approximate surface area is 111 Å². The summed E-state index contributed by atoms with van der Waals surface area (Å²) in [5.41, 5.74) is 2.49. The second-order valence-electron chi connectivity index (χ2n) is 3.22. The van der Waals surface area contributed by atoms with Gasteiger partial charge in [-0.15, -0.1) is 11.3 Å². The fraction of sp³-hybridized carbons (Fsp3) is 0.111. The number of nitrogens with two attached hydrogens (primary N) is 1. The molecular formula is C9H9N5O2S2. The van der Waals surface area contributed by atoms with Crippen molar-refractivity contribution in [2.45, 2.75) is 16.2 Å². The van der Waals surface area contributed by atoms with Crippen LogP contribution in [0.2, 0.25) is 0 Å². The number of thiophene rings is 1. The average Bonchev–Trinajstić information content (AvgIpc) is 2.80. The van der Waals surface area contributed by atoms with Gasteiger partial charge >= 0.3 is 5.69 Å². The molecule has 0 unspecified atom stereocenters. The maximum atomic E-state index is 11.0. The molecule has 3 N–H and O–H groups in total. The average molecular weight is 283 g/mol. The van der Waals surface area contributed by atoms with Crippen LogP contribution in [0.4, 0.5) is 11.6 Å². The highest BCUT2D eigenvalue weighted by Crippen LogP contribution is 2.37. The van der Waals surface area contributed by atoms with Gasteiger partial charge in [0.25, 0.3) is 0 Å². The minimum Gasteiger partial charge on any atom is -0.292 e. The van der Waals surface area contributed by atoms with Crippen LogP contribution in [0.15, 0.2) is 26.7 Å². The molecule has 2 aromatic rings. The van der Waals surface area contributed by atoms with Crippen LogP contribution in [0.25, 0.3) is 0 Å². The van der Waals surface area contributed by atoms with Crippen LogP contribution in [-0.4, -0.2) is 14.9 Å². The van der Waals surface area contributed by atoms with Crippen LogP contribution in [-0.2, 0) is 0 Å². The summed E-state index contributed by atoms with van der Waals surface area (Å²) in [5.74, 6) is 5.40. The molecule has 0 spiro atoms. The largest absolute Gasteiger partial charge is 0.322 e. The van der Waals surface area contributed by atoms with E-state index in [1.165, 1.54) is 23.1 Å². The van der Waals surface area contributed by atoms with E-state index in [0.29, 0.717) is 0 Å². The highest BCUT2D eigenvalue weighted by molar-refractivity contribution is 8.01. The third kappa shape index (κ3) is 2.58. The molecule has 18 heavy (non-hydrogen) atoms. The summed E-state index contributed by atoms with van der Waals surface area (Å²) < 4.78 is 0.916. The molecule has 0 aliphatic heterocycles. The van der Waals surface area contributed by atoms with E-state index in [0.717, 1.165) is 4.21 Å². The topological polar surface area (TPSA) is 107 Å². The zero-order chi connectivity index (χ0) is 13.1. The summed E-state index contributed by atoms with van der Waals surface area (Å²) in [6.45, 7) is 1.55. The van der Waals surface area contributed by atoms with Gasteiger partial charge in [0.2, 0.25) is 5.95 Å². The molecule has 0 amide bonds. The van der Waals surface area contributed by atoms with Crippen LogP contribution in [0.3, 0.4) is 0 Å². The van der Waals surface area contributed by atoms with Crippen molar-refractivity contribution in [2.24, 2.45) is 5.84 Å². The number of hydrogen-bond acceptors (Lipinski definition) is 8. The molecule has 94 valence electrons. The summed E-state index contributed by atoms with van der Waals surface area (Å²) >= 11 is 2.71. The first-order chi connectivity index (χ1) is 8.61. The van der Waals surface area contributed by atoms with Crippen LogP contribution in [0.5, 0.6) is 0 Å². The number of aryl methyl sites for hydroxylation is 1. The SMILES string of the molecule is Cc1nc(NN)nc(Sc2cccs2)c1[N+](=O)[O-].